The van der Waals surface area contributed by atoms with E-state index < -0.39 is 32.3 Å². The minimum Gasteiger partial charge on any atom is -0.748 e. The van der Waals surface area contributed by atoms with E-state index in [-0.39, 0.29) is 30.0 Å². The second kappa shape index (κ2) is 24.3. The van der Waals surface area contributed by atoms with Crippen molar-refractivity contribution in [2.24, 2.45) is 0 Å². The highest BCUT2D eigenvalue weighted by Crippen LogP contribution is 2.25. The van der Waals surface area contributed by atoms with Crippen LogP contribution in [-0.4, -0.2) is 140 Å². The number of nitrogens with one attached hydrogen (secondary N) is 1. The van der Waals surface area contributed by atoms with E-state index in [1.165, 1.54) is 9.59 Å². The van der Waals surface area contributed by atoms with E-state index in [9.17, 15) is 31.6 Å². The first-order valence-corrected chi connectivity index (χ1v) is 23.9. The van der Waals surface area contributed by atoms with Gasteiger partial charge >= 0.3 is 0 Å². The van der Waals surface area contributed by atoms with Gasteiger partial charge in [0.1, 0.15) is 51.5 Å². The van der Waals surface area contributed by atoms with Crippen LogP contribution in [0.15, 0.2) is 84.9 Å². The molecule has 3 N–H and O–H groups in total. The summed E-state index contributed by atoms with van der Waals surface area (Å²) in [7, 11) is -0.901. The molecular formula is C43H57N7O12S2. The smallest absolute Gasteiger partial charge is 0.267 e. The molecule has 3 heterocycles. The van der Waals surface area contributed by atoms with Crippen molar-refractivity contribution in [1.29, 1.82) is 0 Å². The molecule has 7 rings (SSSR count). The van der Waals surface area contributed by atoms with Crippen molar-refractivity contribution in [3.63, 3.8) is 0 Å². The van der Waals surface area contributed by atoms with Gasteiger partial charge in [-0.05, 0) is 91.8 Å². The minimum absolute atomic E-state index is 0.0674. The second-order valence-electron chi connectivity index (χ2n) is 14.9. The molecule has 0 aliphatic carbocycles. The van der Waals surface area contributed by atoms with Crippen LogP contribution in [0, 0.1) is 0 Å². The summed E-state index contributed by atoms with van der Waals surface area (Å²) >= 11 is 0. The Hall–Kier alpha value is -5.10. The lowest BCUT2D eigenvalue weighted by Crippen LogP contribution is -3.13. The maximum Gasteiger partial charge on any atom is 0.267 e. The predicted molar refractivity (Wildman–Crippen MR) is 237 cm³/mol. The van der Waals surface area contributed by atoms with Gasteiger partial charge in [0, 0.05) is 47.0 Å². The lowest BCUT2D eigenvalue weighted by atomic mass is 10.1. The molecular weight excluding hydrogens is 871 g/mol. The number of phenols is 2. The van der Waals surface area contributed by atoms with Crippen LogP contribution in [0.4, 0.5) is 0 Å². The molecule has 1 saturated heterocycles. The number of nitrogens with zero attached hydrogens (tertiary/aromatic N) is 6. The average molecular weight is 928 g/mol. The highest BCUT2D eigenvalue weighted by molar-refractivity contribution is 7.86. The zero-order valence-electron chi connectivity index (χ0n) is 36.4. The summed E-state index contributed by atoms with van der Waals surface area (Å²) in [6, 6.07) is 26.0. The molecule has 1 aliphatic heterocycles. The van der Waals surface area contributed by atoms with Crippen molar-refractivity contribution < 1.29 is 59.6 Å². The van der Waals surface area contributed by atoms with Gasteiger partial charge in [-0.2, -0.15) is 8.42 Å². The molecule has 1 aliphatic rings. The third-order valence-electron chi connectivity index (χ3n) is 10.2. The molecule has 1 fully saturated rings. The Balaban J connectivity index is 0.000000213. The summed E-state index contributed by atoms with van der Waals surface area (Å²) in [6.45, 7) is 2.02. The highest BCUT2D eigenvalue weighted by Gasteiger charge is 2.19. The topological polar surface area (TPSA) is 244 Å². The number of phenolic OH excluding ortho intramolecular Hbond substituents is 2. The molecule has 0 radical (unpaired) electrons. The summed E-state index contributed by atoms with van der Waals surface area (Å²) in [5.74, 6) is 0.0383. The van der Waals surface area contributed by atoms with Crippen LogP contribution in [0.25, 0.3) is 33.4 Å². The molecule has 64 heavy (non-hydrogen) atoms. The molecule has 6 aromatic rings. The maximum atomic E-state index is 10.9. The number of ether oxygens (including phenoxy) is 4. The molecule has 4 aromatic carbocycles. The summed E-state index contributed by atoms with van der Waals surface area (Å²) in [6.07, 6.45) is 4.77. The first-order chi connectivity index (χ1) is 30.7. The summed E-state index contributed by atoms with van der Waals surface area (Å²) < 4.78 is 78.5. The molecule has 2 aromatic heterocycles. The number of hydrogen-bond acceptors (Lipinski definition) is 16. The van der Waals surface area contributed by atoms with Crippen molar-refractivity contribution in [2.75, 3.05) is 66.2 Å². The van der Waals surface area contributed by atoms with Crippen molar-refractivity contribution in [2.45, 2.75) is 57.5 Å². The highest BCUT2D eigenvalue weighted by atomic mass is 32.2. The number of aryl methyl sites for hydroxylation is 1. The second-order valence-corrected chi connectivity index (χ2v) is 18.2. The fraction of sp³-hybridized carbons (Fsp3) is 0.442. The van der Waals surface area contributed by atoms with E-state index in [2.05, 4.69) is 24.6 Å². The summed E-state index contributed by atoms with van der Waals surface area (Å²) in [5, 5.41) is 38.3. The lowest BCUT2D eigenvalue weighted by Gasteiger charge is -2.23. The van der Waals surface area contributed by atoms with Gasteiger partial charge in [-0.25, -0.2) is 8.42 Å². The Labute approximate surface area is 373 Å². The number of rotatable bonds is 20. The number of unbranched alkanes of at least 4 members (excludes halogenated alkanes) is 1. The van der Waals surface area contributed by atoms with Crippen LogP contribution in [0.2, 0.25) is 0 Å². The zero-order valence-corrected chi connectivity index (χ0v) is 38.0. The molecule has 1 unspecified atom stereocenters. The normalized spacial score (nSPS) is 14.1. The Morgan fingerprint density at radius 3 is 1.59 bits per heavy atom. The number of benzene rings is 4. The molecule has 19 nitrogen and oxygen atoms in total. The van der Waals surface area contributed by atoms with Gasteiger partial charge in [0.2, 0.25) is 6.29 Å². The molecule has 1 atom stereocenters. The van der Waals surface area contributed by atoms with Crippen molar-refractivity contribution in [3.05, 3.63) is 96.1 Å². The molecule has 21 heteroatoms. The number of methoxy groups -OCH3 is 4. The van der Waals surface area contributed by atoms with Crippen molar-refractivity contribution in [3.8, 4) is 22.9 Å². The first kappa shape index (κ1) is 49.9. The largest absolute Gasteiger partial charge is 0.748 e. The zero-order chi connectivity index (χ0) is 46.1. The molecule has 0 spiro atoms. The van der Waals surface area contributed by atoms with Gasteiger partial charge < -0.3 is 38.6 Å². The van der Waals surface area contributed by atoms with Crippen LogP contribution >= 0.6 is 0 Å². The average Bonchev–Trinajstić information content (AvgIpc) is 4.03. The number of aromatic hydroxyl groups is 2. The van der Waals surface area contributed by atoms with Crippen LogP contribution in [0.5, 0.6) is 11.5 Å². The van der Waals surface area contributed by atoms with Gasteiger partial charge in [-0.15, -0.1) is 30.0 Å². The first-order valence-electron chi connectivity index (χ1n) is 20.7. The molecule has 0 saturated carbocycles. The standard InChI is InChI=1S/C21H28N4O6S.C19H23N3O3.C3H6O3S/c1-30-21(31-2)15-24(11-5-13-32(27,28)29)12-10-16-8-9-20(26)19(14-16)25-22-17-6-3-4-7-18(17)23-25;1-24-19(25-2)10-6-3-7-14-11-12-18(23)17(13-14)22-20-15-8-4-5-9-16(15)21-22;4-7(5)3-1-2-6-7/h3-4,6-9,14,21,26H,5,10-13,15H2,1-2H3,(H,27,28,29);4-5,8-9,11-13,19,23H,3,6-7,10H2,1-2H3;1-3H2. The Kier molecular flexibility index (Phi) is 18.9. The predicted octanol–water partition coefficient (Wildman–Crippen LogP) is 3.30. The number of fused-ring (bicyclic) bond motifs is 2. The van der Waals surface area contributed by atoms with Gasteiger partial charge in [0.05, 0.1) is 35.6 Å². The lowest BCUT2D eigenvalue weighted by molar-refractivity contribution is -0.905. The minimum atomic E-state index is -4.25. The van der Waals surface area contributed by atoms with Crippen LogP contribution in [-0.2, 0) is 56.2 Å². The molecule has 348 valence electrons. The van der Waals surface area contributed by atoms with Crippen LogP contribution < -0.4 is 4.90 Å². The maximum absolute atomic E-state index is 10.9. The van der Waals surface area contributed by atoms with E-state index in [0.717, 1.165) is 63.8 Å². The Morgan fingerprint density at radius 2 is 1.19 bits per heavy atom. The van der Waals surface area contributed by atoms with E-state index >= 15 is 0 Å². The molecule has 0 amide bonds. The number of aromatic nitrogens is 6. The van der Waals surface area contributed by atoms with Gasteiger partial charge in [0.25, 0.3) is 10.1 Å². The Morgan fingerprint density at radius 1 is 0.703 bits per heavy atom. The van der Waals surface area contributed by atoms with E-state index in [0.29, 0.717) is 50.5 Å². The Bertz CT molecular complexity index is 2520. The monoisotopic (exact) mass is 927 g/mol. The van der Waals surface area contributed by atoms with Crippen molar-refractivity contribution in [1.82, 2.24) is 30.0 Å². The number of quaternary nitrogens is 1. The summed E-state index contributed by atoms with van der Waals surface area (Å²) in [5.41, 5.74) is 6.23. The fourth-order valence-electron chi connectivity index (χ4n) is 6.80. The van der Waals surface area contributed by atoms with Crippen LogP contribution in [0.1, 0.15) is 43.2 Å². The van der Waals surface area contributed by atoms with Crippen molar-refractivity contribution >= 4 is 42.3 Å². The van der Waals surface area contributed by atoms with E-state index in [4.69, 9.17) is 18.9 Å². The third kappa shape index (κ3) is 15.6. The quantitative estimate of drug-likeness (QED) is 0.0431. The summed E-state index contributed by atoms with van der Waals surface area (Å²) in [4.78, 5) is 3.95. The van der Waals surface area contributed by atoms with Gasteiger partial charge in [-0.3, -0.25) is 4.18 Å². The van der Waals surface area contributed by atoms with Crippen LogP contribution in [0.3, 0.4) is 0 Å². The van der Waals surface area contributed by atoms with E-state index in [1.807, 2.05) is 72.8 Å². The number of hydrogen-bond donors (Lipinski definition) is 3. The SMILES string of the molecule is COC(CCCCc1ccc(O)c(-n2nc3ccccc3n2)c1)OC.COC(C[NH+](CCCS(=O)(=O)[O-])CCc1ccc(O)c(-n2nc3ccccc3n2)c1)OC.O=S1(=O)CCCO1. The third-order valence-corrected chi connectivity index (χ3v) is 12.3. The fourth-order valence-corrected chi connectivity index (χ4v) is 8.26. The van der Waals surface area contributed by atoms with E-state index in [1.54, 1.807) is 40.6 Å². The molecule has 0 bridgehead atoms. The van der Waals surface area contributed by atoms with Gasteiger partial charge in [-0.1, -0.05) is 36.4 Å². The van der Waals surface area contributed by atoms with Gasteiger partial charge in [0.15, 0.2) is 6.29 Å².